The van der Waals surface area contributed by atoms with Gasteiger partial charge >= 0.3 is 0 Å². The van der Waals surface area contributed by atoms with Crippen LogP contribution in [-0.4, -0.2) is 28.0 Å². The van der Waals surface area contributed by atoms with Gasteiger partial charge in [0, 0.05) is 7.11 Å². The van der Waals surface area contributed by atoms with Crippen molar-refractivity contribution in [2.24, 2.45) is 0 Å². The average Bonchev–Trinajstić information content (AvgIpc) is 3.06. The summed E-state index contributed by atoms with van der Waals surface area (Å²) in [5.41, 5.74) is 7.86. The van der Waals surface area contributed by atoms with Crippen molar-refractivity contribution in [1.82, 2.24) is 20.3 Å². The lowest BCUT2D eigenvalue weighted by atomic mass is 10.2. The number of nitrogen functional groups attached to an aromatic ring is 1. The Bertz CT molecular complexity index is 923. The Hall–Kier alpha value is -3.26. The summed E-state index contributed by atoms with van der Waals surface area (Å²) >= 11 is 0. The first kappa shape index (κ1) is 17.6. The molecule has 3 aromatic heterocycles. The van der Waals surface area contributed by atoms with E-state index in [9.17, 15) is 4.79 Å². The largest absolute Gasteiger partial charge is 0.460 e. The second-order valence-corrected chi connectivity index (χ2v) is 5.64. The number of nitrogens with one attached hydrogen (secondary N) is 1. The molecule has 0 aromatic carbocycles. The fraction of sp³-hybridized carbons (Fsp3) is 0.222. The number of carbonyl (C=O) groups excluding carboxylic acids is 1. The summed E-state index contributed by atoms with van der Waals surface area (Å²) in [5, 5.41) is 2.78. The molecule has 0 saturated heterocycles. The van der Waals surface area contributed by atoms with E-state index in [0.717, 1.165) is 17.1 Å². The number of pyridine rings is 1. The quantitative estimate of drug-likeness (QED) is 0.697. The first-order valence-electron chi connectivity index (χ1n) is 7.98. The zero-order chi connectivity index (χ0) is 18.5. The van der Waals surface area contributed by atoms with E-state index in [1.165, 1.54) is 0 Å². The monoisotopic (exact) mass is 353 g/mol. The number of nitrogens with two attached hydrogens (primary N) is 1. The highest BCUT2D eigenvalue weighted by atomic mass is 16.5. The molecule has 8 heteroatoms. The number of hydrogen-bond acceptors (Lipinski definition) is 7. The number of aromatic nitrogens is 3. The van der Waals surface area contributed by atoms with E-state index in [1.807, 2.05) is 31.2 Å². The van der Waals surface area contributed by atoms with Gasteiger partial charge in [0.1, 0.15) is 17.1 Å². The molecule has 0 aliphatic heterocycles. The van der Waals surface area contributed by atoms with Crippen molar-refractivity contribution < 1.29 is 13.9 Å². The van der Waals surface area contributed by atoms with Gasteiger partial charge in [-0.05, 0) is 37.3 Å². The smallest absolute Gasteiger partial charge is 0.270 e. The number of rotatable bonds is 6. The Morgan fingerprint density at radius 2 is 2.00 bits per heavy atom. The van der Waals surface area contributed by atoms with E-state index >= 15 is 0 Å². The maximum absolute atomic E-state index is 12.4. The molecule has 0 aliphatic rings. The van der Waals surface area contributed by atoms with Crippen LogP contribution in [0.5, 0.6) is 0 Å². The molecule has 0 bridgehead atoms. The third-order valence-electron chi connectivity index (χ3n) is 3.56. The number of anilines is 1. The Balaban J connectivity index is 1.73. The van der Waals surface area contributed by atoms with Crippen LogP contribution in [0.15, 0.2) is 40.8 Å². The SMILES string of the molecule is COCc1cccc(CNC(=O)c2cc(-c3ccc(C)o3)nc(N)n2)n1. The third kappa shape index (κ3) is 4.22. The van der Waals surface area contributed by atoms with Gasteiger partial charge < -0.3 is 20.2 Å². The highest BCUT2D eigenvalue weighted by molar-refractivity contribution is 5.93. The van der Waals surface area contributed by atoms with Crippen LogP contribution in [0.3, 0.4) is 0 Å². The molecule has 3 rings (SSSR count). The molecule has 0 saturated carbocycles. The molecular weight excluding hydrogens is 334 g/mol. The lowest BCUT2D eigenvalue weighted by molar-refractivity contribution is 0.0945. The molecule has 8 nitrogen and oxygen atoms in total. The van der Waals surface area contributed by atoms with Crippen molar-refractivity contribution in [2.45, 2.75) is 20.1 Å². The fourth-order valence-corrected chi connectivity index (χ4v) is 2.40. The molecule has 3 heterocycles. The second-order valence-electron chi connectivity index (χ2n) is 5.64. The maximum atomic E-state index is 12.4. The zero-order valence-corrected chi connectivity index (χ0v) is 14.5. The molecule has 3 N–H and O–H groups in total. The van der Waals surface area contributed by atoms with Crippen LogP contribution in [0.4, 0.5) is 5.95 Å². The van der Waals surface area contributed by atoms with Gasteiger partial charge in [-0.2, -0.15) is 0 Å². The molecule has 0 atom stereocenters. The van der Waals surface area contributed by atoms with E-state index in [2.05, 4.69) is 20.3 Å². The Morgan fingerprint density at radius 3 is 2.73 bits per heavy atom. The van der Waals surface area contributed by atoms with E-state index in [-0.39, 0.29) is 24.1 Å². The molecule has 134 valence electrons. The molecule has 1 amide bonds. The van der Waals surface area contributed by atoms with Gasteiger partial charge in [-0.1, -0.05) is 6.07 Å². The number of nitrogens with zero attached hydrogens (tertiary/aromatic N) is 3. The summed E-state index contributed by atoms with van der Waals surface area (Å²) in [6, 6.07) is 10.7. The Morgan fingerprint density at radius 1 is 1.19 bits per heavy atom. The van der Waals surface area contributed by atoms with E-state index in [4.69, 9.17) is 14.9 Å². The maximum Gasteiger partial charge on any atom is 0.270 e. The molecule has 26 heavy (non-hydrogen) atoms. The summed E-state index contributed by atoms with van der Waals surface area (Å²) < 4.78 is 10.6. The molecule has 3 aromatic rings. The minimum Gasteiger partial charge on any atom is -0.460 e. The molecular formula is C18H19N5O3. The predicted octanol–water partition coefficient (Wildman–Crippen LogP) is 2.10. The van der Waals surface area contributed by atoms with Crippen molar-refractivity contribution in [2.75, 3.05) is 12.8 Å². The normalized spacial score (nSPS) is 10.7. The number of hydrogen-bond donors (Lipinski definition) is 2. The molecule has 0 unspecified atom stereocenters. The van der Waals surface area contributed by atoms with Crippen LogP contribution in [-0.2, 0) is 17.9 Å². The predicted molar refractivity (Wildman–Crippen MR) is 95.0 cm³/mol. The number of amides is 1. The summed E-state index contributed by atoms with van der Waals surface area (Å²) in [6.45, 7) is 2.50. The standard InChI is InChI=1S/C18H19N5O3/c1-11-6-7-16(26-11)14-8-15(23-18(19)22-14)17(24)20-9-12-4-3-5-13(21-12)10-25-2/h3-8H,9-10H2,1-2H3,(H,20,24)(H2,19,22,23). The van der Waals surface area contributed by atoms with Gasteiger partial charge in [0.05, 0.1) is 24.5 Å². The van der Waals surface area contributed by atoms with E-state index < -0.39 is 0 Å². The highest BCUT2D eigenvalue weighted by Gasteiger charge is 2.14. The Kier molecular flexibility index (Phi) is 5.23. The van der Waals surface area contributed by atoms with Crippen molar-refractivity contribution in [1.29, 1.82) is 0 Å². The molecule has 0 fully saturated rings. The van der Waals surface area contributed by atoms with Crippen molar-refractivity contribution in [3.05, 3.63) is 59.2 Å². The van der Waals surface area contributed by atoms with Crippen LogP contribution >= 0.6 is 0 Å². The highest BCUT2D eigenvalue weighted by Crippen LogP contribution is 2.21. The minimum absolute atomic E-state index is 0.00178. The van der Waals surface area contributed by atoms with Crippen LogP contribution in [0, 0.1) is 6.92 Å². The van der Waals surface area contributed by atoms with Crippen molar-refractivity contribution >= 4 is 11.9 Å². The van der Waals surface area contributed by atoms with Gasteiger partial charge in [0.15, 0.2) is 5.76 Å². The Labute approximate surface area is 150 Å². The van der Waals surface area contributed by atoms with Crippen LogP contribution in [0.1, 0.15) is 27.6 Å². The fourth-order valence-electron chi connectivity index (χ4n) is 2.40. The lowest BCUT2D eigenvalue weighted by Gasteiger charge is -2.07. The summed E-state index contributed by atoms with van der Waals surface area (Å²) in [5.74, 6) is 0.897. The van der Waals surface area contributed by atoms with E-state index in [0.29, 0.717) is 18.1 Å². The minimum atomic E-state index is -0.373. The third-order valence-corrected chi connectivity index (χ3v) is 3.56. The summed E-state index contributed by atoms with van der Waals surface area (Å²) in [7, 11) is 1.60. The second kappa shape index (κ2) is 7.75. The number of carbonyl (C=O) groups is 1. The van der Waals surface area contributed by atoms with Crippen LogP contribution in [0.2, 0.25) is 0 Å². The number of furan rings is 1. The lowest BCUT2D eigenvalue weighted by Crippen LogP contribution is -2.25. The van der Waals surface area contributed by atoms with Crippen molar-refractivity contribution in [3.63, 3.8) is 0 Å². The van der Waals surface area contributed by atoms with Crippen LogP contribution < -0.4 is 11.1 Å². The average molecular weight is 353 g/mol. The number of methoxy groups -OCH3 is 1. The first-order chi connectivity index (χ1) is 12.5. The summed E-state index contributed by atoms with van der Waals surface area (Å²) in [6.07, 6.45) is 0. The zero-order valence-electron chi connectivity index (χ0n) is 14.5. The molecule has 0 spiro atoms. The van der Waals surface area contributed by atoms with Gasteiger partial charge in [-0.3, -0.25) is 9.78 Å². The topological polar surface area (TPSA) is 116 Å². The van der Waals surface area contributed by atoms with Crippen LogP contribution in [0.25, 0.3) is 11.5 Å². The molecule has 0 aliphatic carbocycles. The van der Waals surface area contributed by atoms with Gasteiger partial charge in [0.2, 0.25) is 5.95 Å². The first-order valence-corrected chi connectivity index (χ1v) is 7.98. The molecule has 0 radical (unpaired) electrons. The number of ether oxygens (including phenoxy) is 1. The number of aryl methyl sites for hydroxylation is 1. The summed E-state index contributed by atoms with van der Waals surface area (Å²) in [4.78, 5) is 24.9. The van der Waals surface area contributed by atoms with Gasteiger partial charge in [-0.15, -0.1) is 0 Å². The van der Waals surface area contributed by atoms with Gasteiger partial charge in [-0.25, -0.2) is 9.97 Å². The van der Waals surface area contributed by atoms with E-state index in [1.54, 1.807) is 19.2 Å². The van der Waals surface area contributed by atoms with Crippen molar-refractivity contribution in [3.8, 4) is 11.5 Å². The van der Waals surface area contributed by atoms with Gasteiger partial charge in [0.25, 0.3) is 5.91 Å².